The minimum atomic E-state index is -2.82. The average molecular weight is 202 g/mol. The molecule has 4 nitrogen and oxygen atoms in total. The molecule has 1 unspecified atom stereocenters. The van der Waals surface area contributed by atoms with Crippen LogP contribution in [0.15, 0.2) is 18.3 Å². The number of hydrogen-bond acceptors (Lipinski definition) is 3. The molecule has 1 rings (SSSR count). The Balaban J connectivity index is 3.13. The average Bonchev–Trinajstić information content (AvgIpc) is 2.16. The van der Waals surface area contributed by atoms with Gasteiger partial charge in [0, 0.05) is 11.8 Å². The Labute approximate surface area is 78.4 Å². The maximum atomic E-state index is 12.3. The molecule has 0 aromatic carbocycles. The van der Waals surface area contributed by atoms with Gasteiger partial charge in [0.15, 0.2) is 0 Å². The second kappa shape index (κ2) is 4.10. The topological polar surface area (TPSA) is 76.2 Å². The zero-order valence-electron chi connectivity index (χ0n) is 7.02. The van der Waals surface area contributed by atoms with Crippen LogP contribution < -0.4 is 5.73 Å². The quantitative estimate of drug-likeness (QED) is 0.769. The fourth-order valence-corrected chi connectivity index (χ4v) is 1.01. The molecule has 1 atom stereocenters. The van der Waals surface area contributed by atoms with Gasteiger partial charge in [-0.2, -0.15) is 0 Å². The molecule has 3 N–H and O–H groups in total. The smallest absolute Gasteiger partial charge is 0.325 e. The lowest BCUT2D eigenvalue weighted by atomic mass is 10.1. The number of carboxylic acids is 1. The van der Waals surface area contributed by atoms with Gasteiger partial charge in [0.25, 0.3) is 6.43 Å². The van der Waals surface area contributed by atoms with E-state index in [9.17, 15) is 13.6 Å². The number of aliphatic carboxylic acids is 1. The van der Waals surface area contributed by atoms with Gasteiger partial charge in [-0.15, -0.1) is 0 Å². The van der Waals surface area contributed by atoms with Crippen LogP contribution in [0.5, 0.6) is 0 Å². The van der Waals surface area contributed by atoms with Crippen LogP contribution in [0.2, 0.25) is 0 Å². The van der Waals surface area contributed by atoms with E-state index < -0.39 is 24.1 Å². The first kappa shape index (κ1) is 10.5. The monoisotopic (exact) mass is 202 g/mol. The molecule has 1 aromatic heterocycles. The summed E-state index contributed by atoms with van der Waals surface area (Å²) < 4.78 is 24.7. The molecule has 0 amide bonds. The van der Waals surface area contributed by atoms with Gasteiger partial charge in [0.2, 0.25) is 0 Å². The summed E-state index contributed by atoms with van der Waals surface area (Å²) in [4.78, 5) is 13.9. The predicted octanol–water partition coefficient (Wildman–Crippen LogP) is 1.10. The Morgan fingerprint density at radius 2 is 2.21 bits per heavy atom. The summed E-state index contributed by atoms with van der Waals surface area (Å²) in [6, 6.07) is 1.13. The number of nitrogens with zero attached hydrogens (tertiary/aromatic N) is 1. The highest BCUT2D eigenvalue weighted by Crippen LogP contribution is 2.23. The van der Waals surface area contributed by atoms with E-state index in [0.717, 1.165) is 0 Å². The van der Waals surface area contributed by atoms with Crippen LogP contribution in [0.25, 0.3) is 0 Å². The summed E-state index contributed by atoms with van der Waals surface area (Å²) in [5.74, 6) is -1.36. The van der Waals surface area contributed by atoms with E-state index in [-0.39, 0.29) is 5.56 Å². The van der Waals surface area contributed by atoms with Gasteiger partial charge >= 0.3 is 5.97 Å². The SMILES string of the molecule is NC(C(=O)O)c1cccnc1C(F)F. The van der Waals surface area contributed by atoms with Gasteiger partial charge in [-0.3, -0.25) is 9.78 Å². The standard InChI is InChI=1S/C8H8F2N2O2/c9-7(10)6-4(2-1-3-12-6)5(11)8(13)14/h1-3,5,7H,11H2,(H,13,14). The van der Waals surface area contributed by atoms with Crippen molar-refractivity contribution in [3.05, 3.63) is 29.6 Å². The second-order valence-corrected chi connectivity index (χ2v) is 2.59. The number of alkyl halides is 2. The molecule has 0 aliphatic rings. The van der Waals surface area contributed by atoms with Crippen LogP contribution in [0.1, 0.15) is 23.7 Å². The third kappa shape index (κ3) is 2.02. The Bertz CT molecular complexity index is 344. The molecule has 0 aliphatic carbocycles. The molecule has 6 heteroatoms. The first-order valence-electron chi connectivity index (χ1n) is 3.75. The third-order valence-electron chi connectivity index (χ3n) is 1.68. The molecule has 1 aromatic rings. The van der Waals surface area contributed by atoms with Gasteiger partial charge in [-0.1, -0.05) is 6.07 Å². The number of nitrogens with two attached hydrogens (primary N) is 1. The van der Waals surface area contributed by atoms with E-state index in [1.54, 1.807) is 0 Å². The highest BCUT2D eigenvalue weighted by molar-refractivity contribution is 5.75. The van der Waals surface area contributed by atoms with E-state index in [0.29, 0.717) is 0 Å². The maximum absolute atomic E-state index is 12.3. The number of carboxylic acid groups (broad SMARTS) is 1. The highest BCUT2D eigenvalue weighted by Gasteiger charge is 2.22. The number of hydrogen-bond donors (Lipinski definition) is 2. The molecule has 0 fully saturated rings. The molecule has 0 aliphatic heterocycles. The fraction of sp³-hybridized carbons (Fsp3) is 0.250. The lowest BCUT2D eigenvalue weighted by molar-refractivity contribution is -0.138. The van der Waals surface area contributed by atoms with E-state index in [2.05, 4.69) is 4.98 Å². The summed E-state index contributed by atoms with van der Waals surface area (Å²) in [5, 5.41) is 8.54. The molecule has 0 saturated carbocycles. The molecule has 14 heavy (non-hydrogen) atoms. The van der Waals surface area contributed by atoms with Crippen molar-refractivity contribution < 1.29 is 18.7 Å². The van der Waals surface area contributed by atoms with Crippen molar-refractivity contribution in [1.82, 2.24) is 4.98 Å². The molecular formula is C8H8F2N2O2. The Hall–Kier alpha value is -1.56. The number of halogens is 2. The zero-order valence-corrected chi connectivity index (χ0v) is 7.02. The largest absolute Gasteiger partial charge is 0.480 e. The van der Waals surface area contributed by atoms with Gasteiger partial charge < -0.3 is 10.8 Å². The number of carbonyl (C=O) groups is 1. The Kier molecular flexibility index (Phi) is 3.08. The van der Waals surface area contributed by atoms with E-state index in [4.69, 9.17) is 10.8 Å². The van der Waals surface area contributed by atoms with E-state index >= 15 is 0 Å². The highest BCUT2D eigenvalue weighted by atomic mass is 19.3. The predicted molar refractivity (Wildman–Crippen MR) is 43.8 cm³/mol. The van der Waals surface area contributed by atoms with Crippen LogP contribution in [0.3, 0.4) is 0 Å². The maximum Gasteiger partial charge on any atom is 0.325 e. The molecule has 1 heterocycles. The summed E-state index contributed by atoms with van der Waals surface area (Å²) in [6.45, 7) is 0. The third-order valence-corrected chi connectivity index (χ3v) is 1.68. The van der Waals surface area contributed by atoms with Crippen LogP contribution in [0, 0.1) is 0 Å². The lowest BCUT2D eigenvalue weighted by Crippen LogP contribution is -2.22. The molecular weight excluding hydrogens is 194 g/mol. The van der Waals surface area contributed by atoms with Crippen LogP contribution in [0.4, 0.5) is 8.78 Å². The minimum absolute atomic E-state index is 0.157. The summed E-state index contributed by atoms with van der Waals surface area (Å²) in [7, 11) is 0. The van der Waals surface area contributed by atoms with Gasteiger partial charge in [-0.05, 0) is 6.07 Å². The van der Waals surface area contributed by atoms with Crippen molar-refractivity contribution in [3.8, 4) is 0 Å². The normalized spacial score (nSPS) is 12.9. The summed E-state index contributed by atoms with van der Waals surface area (Å²) >= 11 is 0. The number of rotatable bonds is 3. The summed E-state index contributed by atoms with van der Waals surface area (Å²) in [6.07, 6.45) is -1.66. The molecule has 0 saturated heterocycles. The Morgan fingerprint density at radius 1 is 1.57 bits per heavy atom. The molecule has 0 spiro atoms. The summed E-state index contributed by atoms with van der Waals surface area (Å²) in [5.41, 5.74) is 4.47. The van der Waals surface area contributed by atoms with Crippen molar-refractivity contribution in [2.75, 3.05) is 0 Å². The number of pyridine rings is 1. The van der Waals surface area contributed by atoms with Crippen LogP contribution in [-0.4, -0.2) is 16.1 Å². The van der Waals surface area contributed by atoms with Crippen molar-refractivity contribution in [2.45, 2.75) is 12.5 Å². The van der Waals surface area contributed by atoms with E-state index in [1.807, 2.05) is 0 Å². The first-order valence-corrected chi connectivity index (χ1v) is 3.75. The van der Waals surface area contributed by atoms with Crippen LogP contribution in [-0.2, 0) is 4.79 Å². The second-order valence-electron chi connectivity index (χ2n) is 2.59. The molecule has 0 radical (unpaired) electrons. The lowest BCUT2D eigenvalue weighted by Gasteiger charge is -2.10. The van der Waals surface area contributed by atoms with Crippen molar-refractivity contribution >= 4 is 5.97 Å². The van der Waals surface area contributed by atoms with E-state index in [1.165, 1.54) is 18.3 Å². The van der Waals surface area contributed by atoms with Crippen LogP contribution >= 0.6 is 0 Å². The van der Waals surface area contributed by atoms with Crippen molar-refractivity contribution in [2.24, 2.45) is 5.73 Å². The molecule has 0 bridgehead atoms. The van der Waals surface area contributed by atoms with Gasteiger partial charge in [0.1, 0.15) is 11.7 Å². The van der Waals surface area contributed by atoms with Gasteiger partial charge in [-0.25, -0.2) is 8.78 Å². The van der Waals surface area contributed by atoms with Crippen molar-refractivity contribution in [1.29, 1.82) is 0 Å². The van der Waals surface area contributed by atoms with Crippen molar-refractivity contribution in [3.63, 3.8) is 0 Å². The van der Waals surface area contributed by atoms with Gasteiger partial charge in [0.05, 0.1) is 0 Å². The zero-order chi connectivity index (χ0) is 10.7. The minimum Gasteiger partial charge on any atom is -0.480 e. The first-order chi connectivity index (χ1) is 6.54. The Morgan fingerprint density at radius 3 is 2.71 bits per heavy atom. The number of aromatic nitrogens is 1. The molecule has 76 valence electrons. The fourth-order valence-electron chi connectivity index (χ4n) is 1.01.